The third-order valence-electron chi connectivity index (χ3n) is 3.38. The number of benzene rings is 1. The van der Waals surface area contributed by atoms with E-state index < -0.39 is 0 Å². The van der Waals surface area contributed by atoms with Gasteiger partial charge in [-0.15, -0.1) is 11.3 Å². The summed E-state index contributed by atoms with van der Waals surface area (Å²) in [6.07, 6.45) is 0.594. The van der Waals surface area contributed by atoms with Gasteiger partial charge in [0.05, 0.1) is 15.7 Å². The first-order chi connectivity index (χ1) is 8.24. The Balaban J connectivity index is 1.90. The fraction of sp³-hybridized carbons (Fsp3) is 0.385. The maximum Gasteiger partial charge on any atom is 0.138 e. The molecule has 4 heteroatoms. The zero-order chi connectivity index (χ0) is 11.8. The molecule has 0 amide bonds. The van der Waals surface area contributed by atoms with Crippen molar-refractivity contribution in [2.45, 2.75) is 19.4 Å². The van der Waals surface area contributed by atoms with Gasteiger partial charge in [0.25, 0.3) is 0 Å². The molecule has 1 aliphatic rings. The third-order valence-corrected chi connectivity index (χ3v) is 4.19. The maximum atomic E-state index is 11.7. The van der Waals surface area contributed by atoms with Crippen LogP contribution in [0.25, 0.3) is 10.2 Å². The molecule has 88 valence electrons. The fourth-order valence-electron chi connectivity index (χ4n) is 2.23. The summed E-state index contributed by atoms with van der Waals surface area (Å²) < 4.78 is 1.20. The molecule has 1 aliphatic heterocycles. The van der Waals surface area contributed by atoms with Gasteiger partial charge < -0.3 is 5.32 Å². The Hall–Kier alpha value is -1.26. The number of aromatic nitrogens is 1. The van der Waals surface area contributed by atoms with Crippen LogP contribution in [0, 0.1) is 5.92 Å². The molecule has 1 aromatic heterocycles. The van der Waals surface area contributed by atoms with Crippen molar-refractivity contribution in [1.82, 2.24) is 10.3 Å². The molecule has 1 saturated heterocycles. The topological polar surface area (TPSA) is 42.0 Å². The van der Waals surface area contributed by atoms with Gasteiger partial charge in [-0.25, -0.2) is 4.98 Å². The fourth-order valence-corrected chi connectivity index (χ4v) is 2.89. The second-order valence-corrected chi connectivity index (χ2v) is 5.50. The number of carbonyl (C=O) groups is 1. The number of thiazole rings is 1. The number of Topliss-reactive ketones (excluding diaryl/α,β-unsaturated/α-hetero) is 1. The highest BCUT2D eigenvalue weighted by Crippen LogP contribution is 2.27. The highest BCUT2D eigenvalue weighted by molar-refractivity contribution is 7.16. The molecular weight excluding hydrogens is 232 g/mol. The van der Waals surface area contributed by atoms with Crippen molar-refractivity contribution in [3.05, 3.63) is 29.3 Å². The van der Waals surface area contributed by atoms with E-state index in [4.69, 9.17) is 0 Å². The molecular formula is C13H14N2OS. The van der Waals surface area contributed by atoms with Crippen LogP contribution in [0.4, 0.5) is 0 Å². The first-order valence-electron chi connectivity index (χ1n) is 5.83. The van der Waals surface area contributed by atoms with E-state index in [0.29, 0.717) is 12.2 Å². The SMILES string of the molecule is CC1CN[C@H](c2ccc3scnc3c2)CC1=O. The van der Waals surface area contributed by atoms with E-state index in [-0.39, 0.29) is 12.0 Å². The van der Waals surface area contributed by atoms with Gasteiger partial charge in [0.15, 0.2) is 0 Å². The second kappa shape index (κ2) is 4.20. The van der Waals surface area contributed by atoms with Gasteiger partial charge in [-0.3, -0.25) is 4.79 Å². The average Bonchev–Trinajstić information content (AvgIpc) is 2.79. The molecule has 3 nitrogen and oxygen atoms in total. The van der Waals surface area contributed by atoms with Gasteiger partial charge in [-0.2, -0.15) is 0 Å². The van der Waals surface area contributed by atoms with E-state index in [1.165, 1.54) is 10.3 Å². The first-order valence-corrected chi connectivity index (χ1v) is 6.71. The Bertz CT molecular complexity index is 563. The molecule has 2 heterocycles. The molecule has 1 N–H and O–H groups in total. The van der Waals surface area contributed by atoms with Crippen LogP contribution in [0.3, 0.4) is 0 Å². The number of hydrogen-bond acceptors (Lipinski definition) is 4. The van der Waals surface area contributed by atoms with E-state index >= 15 is 0 Å². The lowest BCUT2D eigenvalue weighted by molar-refractivity contribution is -0.124. The zero-order valence-electron chi connectivity index (χ0n) is 9.64. The summed E-state index contributed by atoms with van der Waals surface area (Å²) in [4.78, 5) is 16.1. The summed E-state index contributed by atoms with van der Waals surface area (Å²) in [7, 11) is 0. The van der Waals surface area contributed by atoms with E-state index in [1.807, 2.05) is 12.4 Å². The van der Waals surface area contributed by atoms with Gasteiger partial charge in [0.1, 0.15) is 5.78 Å². The number of carbonyl (C=O) groups excluding carboxylic acids is 1. The molecule has 1 unspecified atom stereocenters. The average molecular weight is 246 g/mol. The molecule has 3 rings (SSSR count). The van der Waals surface area contributed by atoms with Crippen LogP contribution in [-0.4, -0.2) is 17.3 Å². The zero-order valence-corrected chi connectivity index (χ0v) is 10.5. The predicted molar refractivity (Wildman–Crippen MR) is 69.2 cm³/mol. The number of hydrogen-bond donors (Lipinski definition) is 1. The Labute approximate surface area is 104 Å². The number of piperidine rings is 1. The van der Waals surface area contributed by atoms with Crippen LogP contribution in [0.2, 0.25) is 0 Å². The minimum atomic E-state index is 0.147. The summed E-state index contributed by atoms with van der Waals surface area (Å²) in [6.45, 7) is 2.76. The smallest absolute Gasteiger partial charge is 0.138 e. The molecule has 1 aromatic carbocycles. The minimum Gasteiger partial charge on any atom is -0.309 e. The molecule has 0 radical (unpaired) electrons. The van der Waals surface area contributed by atoms with Crippen LogP contribution in [-0.2, 0) is 4.79 Å². The standard InChI is InChI=1S/C13H14N2OS/c1-8-6-14-10(5-12(8)16)9-2-3-13-11(4-9)15-7-17-13/h2-4,7-8,10,14H,5-6H2,1H3/t8?,10-/m0/s1. The molecule has 2 atom stereocenters. The molecule has 0 bridgehead atoms. The van der Waals surface area contributed by atoms with Crippen molar-refractivity contribution < 1.29 is 4.79 Å². The summed E-state index contributed by atoms with van der Waals surface area (Å²) in [5.41, 5.74) is 4.06. The molecule has 0 saturated carbocycles. The summed E-state index contributed by atoms with van der Waals surface area (Å²) in [6, 6.07) is 6.44. The molecule has 0 aliphatic carbocycles. The summed E-state index contributed by atoms with van der Waals surface area (Å²) >= 11 is 1.65. The minimum absolute atomic E-state index is 0.147. The Morgan fingerprint density at radius 2 is 2.35 bits per heavy atom. The van der Waals surface area contributed by atoms with Crippen molar-refractivity contribution in [3.8, 4) is 0 Å². The van der Waals surface area contributed by atoms with Crippen molar-refractivity contribution in [2.75, 3.05) is 6.54 Å². The van der Waals surface area contributed by atoms with Crippen molar-refractivity contribution >= 4 is 27.3 Å². The number of nitrogens with one attached hydrogen (secondary N) is 1. The maximum absolute atomic E-state index is 11.7. The Morgan fingerprint density at radius 3 is 3.18 bits per heavy atom. The molecule has 17 heavy (non-hydrogen) atoms. The summed E-state index contributed by atoms with van der Waals surface area (Å²) in [5.74, 6) is 0.501. The van der Waals surface area contributed by atoms with Gasteiger partial charge in [-0.05, 0) is 17.7 Å². The van der Waals surface area contributed by atoms with E-state index in [1.54, 1.807) is 11.3 Å². The number of nitrogens with zero attached hydrogens (tertiary/aromatic N) is 1. The third kappa shape index (κ3) is 1.98. The van der Waals surface area contributed by atoms with Crippen LogP contribution in [0.1, 0.15) is 24.9 Å². The normalized spacial score (nSPS) is 25.4. The van der Waals surface area contributed by atoms with Crippen LogP contribution in [0.5, 0.6) is 0 Å². The molecule has 2 aromatic rings. The van der Waals surface area contributed by atoms with Crippen molar-refractivity contribution in [2.24, 2.45) is 5.92 Å². The number of rotatable bonds is 1. The first kappa shape index (κ1) is 10.9. The Kier molecular flexibility index (Phi) is 2.68. The highest BCUT2D eigenvalue weighted by Gasteiger charge is 2.25. The van der Waals surface area contributed by atoms with Crippen molar-refractivity contribution in [1.29, 1.82) is 0 Å². The van der Waals surface area contributed by atoms with Gasteiger partial charge in [-0.1, -0.05) is 13.0 Å². The van der Waals surface area contributed by atoms with Gasteiger partial charge in [0.2, 0.25) is 0 Å². The highest BCUT2D eigenvalue weighted by atomic mass is 32.1. The van der Waals surface area contributed by atoms with E-state index in [2.05, 4.69) is 28.5 Å². The lowest BCUT2D eigenvalue weighted by Gasteiger charge is -2.27. The van der Waals surface area contributed by atoms with Gasteiger partial charge >= 0.3 is 0 Å². The lowest BCUT2D eigenvalue weighted by Crippen LogP contribution is -2.37. The monoisotopic (exact) mass is 246 g/mol. The largest absolute Gasteiger partial charge is 0.309 e. The van der Waals surface area contributed by atoms with Crippen LogP contribution < -0.4 is 5.32 Å². The molecule has 1 fully saturated rings. The predicted octanol–water partition coefficient (Wildman–Crippen LogP) is 2.54. The number of fused-ring (bicyclic) bond motifs is 1. The van der Waals surface area contributed by atoms with E-state index in [0.717, 1.165) is 12.1 Å². The number of ketones is 1. The Morgan fingerprint density at radius 1 is 1.47 bits per heavy atom. The molecule has 0 spiro atoms. The van der Waals surface area contributed by atoms with Crippen LogP contribution in [0.15, 0.2) is 23.7 Å². The summed E-state index contributed by atoms with van der Waals surface area (Å²) in [5, 5.41) is 3.43. The van der Waals surface area contributed by atoms with Gasteiger partial charge in [0, 0.05) is 24.9 Å². The lowest BCUT2D eigenvalue weighted by atomic mass is 9.91. The van der Waals surface area contributed by atoms with Crippen LogP contribution >= 0.6 is 11.3 Å². The van der Waals surface area contributed by atoms with E-state index in [9.17, 15) is 4.79 Å². The van der Waals surface area contributed by atoms with Crippen molar-refractivity contribution in [3.63, 3.8) is 0 Å². The second-order valence-electron chi connectivity index (χ2n) is 4.61. The quantitative estimate of drug-likeness (QED) is 0.840.